The third kappa shape index (κ3) is 2.17. The Morgan fingerprint density at radius 1 is 1.39 bits per heavy atom. The van der Waals surface area contributed by atoms with Crippen molar-refractivity contribution < 1.29 is 13.5 Å². The molecule has 1 heterocycles. The summed E-state index contributed by atoms with van der Waals surface area (Å²) in [5.41, 5.74) is 6.59. The summed E-state index contributed by atoms with van der Waals surface area (Å²) in [6.45, 7) is 1.69. The van der Waals surface area contributed by atoms with E-state index < -0.39 is 11.6 Å². The first-order chi connectivity index (χ1) is 8.40. The van der Waals surface area contributed by atoms with E-state index in [1.54, 1.807) is 14.0 Å². The third-order valence-electron chi connectivity index (χ3n) is 2.38. The van der Waals surface area contributed by atoms with E-state index in [9.17, 15) is 8.78 Å². The van der Waals surface area contributed by atoms with Crippen molar-refractivity contribution >= 4 is 21.6 Å². The molecule has 18 heavy (non-hydrogen) atoms. The van der Waals surface area contributed by atoms with Crippen LogP contribution in [0.3, 0.4) is 0 Å². The number of aromatic nitrogens is 2. The highest BCUT2D eigenvalue weighted by Gasteiger charge is 2.17. The second-order valence-electron chi connectivity index (χ2n) is 3.73. The van der Waals surface area contributed by atoms with Crippen LogP contribution < -0.4 is 10.5 Å². The van der Waals surface area contributed by atoms with Crippen molar-refractivity contribution in [3.8, 4) is 11.6 Å². The van der Waals surface area contributed by atoms with E-state index >= 15 is 0 Å². The Bertz CT molecular complexity index is 613. The third-order valence-corrected chi connectivity index (χ3v) is 2.84. The van der Waals surface area contributed by atoms with Crippen LogP contribution in [-0.2, 0) is 7.05 Å². The second kappa shape index (κ2) is 4.56. The Balaban J connectivity index is 2.46. The number of nitrogens with zero attached hydrogens (tertiary/aromatic N) is 2. The molecule has 2 N–H and O–H groups in total. The monoisotopic (exact) mass is 317 g/mol. The first-order valence-electron chi connectivity index (χ1n) is 5.01. The van der Waals surface area contributed by atoms with Gasteiger partial charge in [0.05, 0.1) is 5.69 Å². The number of hydrogen-bond donors (Lipinski definition) is 1. The minimum Gasteiger partial charge on any atom is -0.434 e. The Morgan fingerprint density at radius 2 is 2.06 bits per heavy atom. The average Bonchev–Trinajstić information content (AvgIpc) is 2.52. The topological polar surface area (TPSA) is 53.1 Å². The average molecular weight is 318 g/mol. The van der Waals surface area contributed by atoms with Gasteiger partial charge in [-0.2, -0.15) is 9.49 Å². The Kier molecular flexibility index (Phi) is 3.25. The Labute approximate surface area is 110 Å². The predicted octanol–water partition coefficient (Wildman–Crippen LogP) is 3.14. The lowest BCUT2D eigenvalue weighted by atomic mass is 10.3. The van der Waals surface area contributed by atoms with Gasteiger partial charge in [0.1, 0.15) is 5.69 Å². The molecule has 7 heteroatoms. The maximum Gasteiger partial charge on any atom is 0.241 e. The number of nitrogen functional groups attached to an aromatic ring is 1. The SMILES string of the molecule is Cc1nn(C)c(Oc2cc(Br)cc(F)c2F)c1N. The summed E-state index contributed by atoms with van der Waals surface area (Å²) < 4.78 is 33.8. The van der Waals surface area contributed by atoms with Crippen LogP contribution in [0.1, 0.15) is 5.69 Å². The summed E-state index contributed by atoms with van der Waals surface area (Å²) in [5.74, 6) is -2.16. The molecule has 2 rings (SSSR count). The van der Waals surface area contributed by atoms with E-state index in [1.165, 1.54) is 10.7 Å². The number of hydrogen-bond acceptors (Lipinski definition) is 3. The van der Waals surface area contributed by atoms with Crippen LogP contribution in [0.2, 0.25) is 0 Å². The number of halogens is 3. The lowest BCUT2D eigenvalue weighted by molar-refractivity contribution is 0.388. The summed E-state index contributed by atoms with van der Waals surface area (Å²) in [5, 5.41) is 4.02. The number of anilines is 1. The van der Waals surface area contributed by atoms with E-state index in [-0.39, 0.29) is 17.3 Å². The molecule has 2 aromatic rings. The van der Waals surface area contributed by atoms with Crippen LogP contribution in [-0.4, -0.2) is 9.78 Å². The van der Waals surface area contributed by atoms with E-state index in [0.717, 1.165) is 6.07 Å². The van der Waals surface area contributed by atoms with E-state index in [1.807, 2.05) is 0 Å². The number of rotatable bonds is 2. The molecule has 4 nitrogen and oxygen atoms in total. The minimum absolute atomic E-state index is 0.170. The summed E-state index contributed by atoms with van der Waals surface area (Å²) in [6.07, 6.45) is 0. The molecular formula is C11H10BrF2N3O. The fourth-order valence-electron chi connectivity index (χ4n) is 1.49. The molecule has 0 spiro atoms. The van der Waals surface area contributed by atoms with Crippen LogP contribution in [0.25, 0.3) is 0 Å². The molecule has 0 radical (unpaired) electrons. The molecule has 1 aromatic heterocycles. The van der Waals surface area contributed by atoms with Gasteiger partial charge in [-0.15, -0.1) is 0 Å². The van der Waals surface area contributed by atoms with Gasteiger partial charge in [-0.3, -0.25) is 0 Å². The minimum atomic E-state index is -1.07. The molecule has 0 aliphatic rings. The number of aryl methyl sites for hydroxylation is 2. The number of nitrogens with two attached hydrogens (primary N) is 1. The predicted molar refractivity (Wildman–Crippen MR) is 66.5 cm³/mol. The van der Waals surface area contributed by atoms with Crippen LogP contribution in [0.5, 0.6) is 11.6 Å². The van der Waals surface area contributed by atoms with Gasteiger partial charge in [0.2, 0.25) is 11.7 Å². The second-order valence-corrected chi connectivity index (χ2v) is 4.65. The van der Waals surface area contributed by atoms with Crippen molar-refractivity contribution in [2.45, 2.75) is 6.92 Å². The van der Waals surface area contributed by atoms with Crippen molar-refractivity contribution in [1.29, 1.82) is 0 Å². The van der Waals surface area contributed by atoms with Crippen LogP contribution in [0.15, 0.2) is 16.6 Å². The molecule has 0 atom stereocenters. The fourth-order valence-corrected chi connectivity index (χ4v) is 1.89. The zero-order chi connectivity index (χ0) is 13.4. The van der Waals surface area contributed by atoms with Gasteiger partial charge in [-0.25, -0.2) is 9.07 Å². The Morgan fingerprint density at radius 3 is 2.61 bits per heavy atom. The zero-order valence-electron chi connectivity index (χ0n) is 9.67. The van der Waals surface area contributed by atoms with E-state index in [0.29, 0.717) is 10.2 Å². The molecule has 0 saturated heterocycles. The number of benzene rings is 1. The fraction of sp³-hybridized carbons (Fsp3) is 0.182. The molecule has 0 fully saturated rings. The van der Waals surface area contributed by atoms with Gasteiger partial charge < -0.3 is 10.5 Å². The van der Waals surface area contributed by atoms with Crippen LogP contribution in [0, 0.1) is 18.6 Å². The highest BCUT2D eigenvalue weighted by Crippen LogP contribution is 2.33. The van der Waals surface area contributed by atoms with Gasteiger partial charge in [0.15, 0.2) is 11.6 Å². The van der Waals surface area contributed by atoms with Crippen molar-refractivity contribution in [2.75, 3.05) is 5.73 Å². The first kappa shape index (κ1) is 12.8. The van der Waals surface area contributed by atoms with E-state index in [4.69, 9.17) is 10.5 Å². The van der Waals surface area contributed by atoms with Crippen molar-refractivity contribution in [3.05, 3.63) is 33.9 Å². The van der Waals surface area contributed by atoms with Gasteiger partial charge >= 0.3 is 0 Å². The quantitative estimate of drug-likeness (QED) is 0.866. The van der Waals surface area contributed by atoms with E-state index in [2.05, 4.69) is 21.0 Å². The normalized spacial score (nSPS) is 10.7. The van der Waals surface area contributed by atoms with Gasteiger partial charge in [0.25, 0.3) is 0 Å². The zero-order valence-corrected chi connectivity index (χ0v) is 11.3. The standard InChI is InChI=1S/C11H10BrF2N3O/c1-5-10(15)11(17(2)16-5)18-8-4-6(12)3-7(13)9(8)14/h3-4H,15H2,1-2H3. The van der Waals surface area contributed by atoms with Gasteiger partial charge in [-0.1, -0.05) is 15.9 Å². The molecule has 96 valence electrons. The largest absolute Gasteiger partial charge is 0.434 e. The lowest BCUT2D eigenvalue weighted by Crippen LogP contribution is -1.99. The molecular weight excluding hydrogens is 308 g/mol. The van der Waals surface area contributed by atoms with Crippen LogP contribution >= 0.6 is 15.9 Å². The number of ether oxygens (including phenoxy) is 1. The molecule has 0 amide bonds. The van der Waals surface area contributed by atoms with Crippen LogP contribution in [0.4, 0.5) is 14.5 Å². The molecule has 0 aliphatic carbocycles. The molecule has 1 aromatic carbocycles. The molecule has 0 unspecified atom stereocenters. The first-order valence-corrected chi connectivity index (χ1v) is 5.81. The molecule has 0 bridgehead atoms. The maximum atomic E-state index is 13.5. The highest BCUT2D eigenvalue weighted by atomic mass is 79.9. The summed E-state index contributed by atoms with van der Waals surface area (Å²) in [4.78, 5) is 0. The molecule has 0 saturated carbocycles. The summed E-state index contributed by atoms with van der Waals surface area (Å²) >= 11 is 3.06. The van der Waals surface area contributed by atoms with Gasteiger partial charge in [0, 0.05) is 11.5 Å². The summed E-state index contributed by atoms with van der Waals surface area (Å²) in [6, 6.07) is 2.33. The summed E-state index contributed by atoms with van der Waals surface area (Å²) in [7, 11) is 1.60. The smallest absolute Gasteiger partial charge is 0.241 e. The maximum absolute atomic E-state index is 13.5. The van der Waals surface area contributed by atoms with Crippen molar-refractivity contribution in [3.63, 3.8) is 0 Å². The van der Waals surface area contributed by atoms with Crippen molar-refractivity contribution in [2.24, 2.45) is 7.05 Å². The Hall–Kier alpha value is -1.63. The molecule has 0 aliphatic heterocycles. The highest BCUT2D eigenvalue weighted by molar-refractivity contribution is 9.10. The van der Waals surface area contributed by atoms with Gasteiger partial charge in [-0.05, 0) is 19.1 Å². The van der Waals surface area contributed by atoms with Crippen molar-refractivity contribution in [1.82, 2.24) is 9.78 Å². The lowest BCUT2D eigenvalue weighted by Gasteiger charge is -2.08.